The zero-order valence-electron chi connectivity index (χ0n) is 13.4. The zero-order valence-corrected chi connectivity index (χ0v) is 14.2. The van der Waals surface area contributed by atoms with Crippen LogP contribution in [-0.4, -0.2) is 20.1 Å². The van der Waals surface area contributed by atoms with Crippen molar-refractivity contribution in [2.45, 2.75) is 24.5 Å². The highest BCUT2D eigenvalue weighted by atomic mass is 32.2. The van der Waals surface area contributed by atoms with Gasteiger partial charge in [0.15, 0.2) is 0 Å². The minimum absolute atomic E-state index is 0.119. The molecule has 0 bridgehead atoms. The number of ether oxygens (including phenoxy) is 1. The van der Waals surface area contributed by atoms with Gasteiger partial charge >= 0.3 is 5.97 Å². The van der Waals surface area contributed by atoms with E-state index in [1.54, 1.807) is 30.3 Å². The molecule has 1 aliphatic rings. The monoisotopic (exact) mass is 343 g/mol. The molecule has 0 amide bonds. The Morgan fingerprint density at radius 2 is 1.75 bits per heavy atom. The standard InChI is InChI=1S/C18H17NO4S/c1-4-18(3)19(16-8-6-5-7-15(16)17(20)23-18)24(21,22)14-11-9-13(2)10-12-14/h4-12H,1H2,2-3H3. The number of nitrogens with zero attached hydrogens (tertiary/aromatic N) is 1. The van der Waals surface area contributed by atoms with E-state index in [0.717, 1.165) is 9.87 Å². The van der Waals surface area contributed by atoms with E-state index in [2.05, 4.69) is 6.58 Å². The second kappa shape index (κ2) is 5.49. The van der Waals surface area contributed by atoms with Gasteiger partial charge in [-0.2, -0.15) is 0 Å². The number of hydrogen-bond acceptors (Lipinski definition) is 4. The van der Waals surface area contributed by atoms with Gasteiger partial charge in [-0.15, -0.1) is 0 Å². The molecular weight excluding hydrogens is 326 g/mol. The molecule has 2 aromatic carbocycles. The third-order valence-corrected chi connectivity index (χ3v) is 5.89. The second-order valence-corrected chi connectivity index (χ2v) is 7.53. The van der Waals surface area contributed by atoms with Crippen molar-refractivity contribution in [2.75, 3.05) is 4.31 Å². The Hall–Kier alpha value is -2.60. The Morgan fingerprint density at radius 1 is 1.12 bits per heavy atom. The number of sulfonamides is 1. The van der Waals surface area contributed by atoms with Gasteiger partial charge in [0.25, 0.3) is 10.0 Å². The fourth-order valence-corrected chi connectivity index (χ4v) is 4.35. The quantitative estimate of drug-likeness (QED) is 0.634. The summed E-state index contributed by atoms with van der Waals surface area (Å²) in [5.41, 5.74) is -0.0787. The molecule has 0 aliphatic carbocycles. The topological polar surface area (TPSA) is 63.7 Å². The van der Waals surface area contributed by atoms with Gasteiger partial charge in [-0.1, -0.05) is 36.4 Å². The molecule has 0 N–H and O–H groups in total. The molecule has 3 rings (SSSR count). The van der Waals surface area contributed by atoms with Gasteiger partial charge in [-0.3, -0.25) is 0 Å². The van der Waals surface area contributed by atoms with Crippen LogP contribution >= 0.6 is 0 Å². The number of carbonyl (C=O) groups is 1. The van der Waals surface area contributed by atoms with Gasteiger partial charge in [0, 0.05) is 6.92 Å². The number of para-hydroxylation sites is 1. The van der Waals surface area contributed by atoms with Crippen LogP contribution in [0.15, 0.2) is 66.1 Å². The molecule has 0 saturated heterocycles. The summed E-state index contributed by atoms with van der Waals surface area (Å²) in [7, 11) is -3.95. The van der Waals surface area contributed by atoms with Crippen molar-refractivity contribution in [3.8, 4) is 0 Å². The predicted octanol–water partition coefficient (Wildman–Crippen LogP) is 3.26. The van der Waals surface area contributed by atoms with Crippen molar-refractivity contribution in [3.05, 3.63) is 72.3 Å². The average Bonchev–Trinajstić information content (AvgIpc) is 2.55. The maximum Gasteiger partial charge on any atom is 0.342 e. The number of cyclic esters (lactones) is 1. The third kappa shape index (κ3) is 2.39. The fourth-order valence-electron chi connectivity index (χ4n) is 2.65. The van der Waals surface area contributed by atoms with Gasteiger partial charge in [0.2, 0.25) is 5.72 Å². The lowest BCUT2D eigenvalue weighted by Gasteiger charge is -2.42. The molecule has 0 spiro atoms. The Morgan fingerprint density at radius 3 is 2.38 bits per heavy atom. The van der Waals surface area contributed by atoms with Crippen molar-refractivity contribution in [3.63, 3.8) is 0 Å². The molecule has 0 fully saturated rings. The summed E-state index contributed by atoms with van der Waals surface area (Å²) >= 11 is 0. The van der Waals surface area contributed by atoms with Crippen molar-refractivity contribution in [1.82, 2.24) is 0 Å². The smallest absolute Gasteiger partial charge is 0.342 e. The van der Waals surface area contributed by atoms with E-state index in [9.17, 15) is 13.2 Å². The minimum atomic E-state index is -3.95. The summed E-state index contributed by atoms with van der Waals surface area (Å²) in [6.45, 7) is 7.03. The molecule has 5 nitrogen and oxygen atoms in total. The van der Waals surface area contributed by atoms with Gasteiger partial charge in [0.05, 0.1) is 16.1 Å². The normalized spacial score (nSPS) is 20.2. The number of esters is 1. The summed E-state index contributed by atoms with van der Waals surface area (Å²) in [5, 5.41) is 0. The number of benzene rings is 2. The Kier molecular flexibility index (Phi) is 3.72. The van der Waals surface area contributed by atoms with Crippen LogP contribution in [0.4, 0.5) is 5.69 Å². The van der Waals surface area contributed by atoms with E-state index < -0.39 is 21.7 Å². The van der Waals surface area contributed by atoms with E-state index in [4.69, 9.17) is 4.74 Å². The first-order valence-corrected chi connectivity index (χ1v) is 8.82. The number of hydrogen-bond donors (Lipinski definition) is 0. The number of fused-ring (bicyclic) bond motifs is 1. The van der Waals surface area contributed by atoms with E-state index >= 15 is 0 Å². The van der Waals surface area contributed by atoms with Crippen LogP contribution in [0.5, 0.6) is 0 Å². The molecule has 1 aliphatic heterocycles. The largest absolute Gasteiger partial charge is 0.431 e. The summed E-state index contributed by atoms with van der Waals surface area (Å²) < 4.78 is 32.9. The summed E-state index contributed by atoms with van der Waals surface area (Å²) in [5.74, 6) is -0.580. The first-order valence-electron chi connectivity index (χ1n) is 7.38. The van der Waals surface area contributed by atoms with Gasteiger partial charge in [-0.05, 0) is 37.3 Å². The van der Waals surface area contributed by atoms with Crippen LogP contribution in [0.1, 0.15) is 22.8 Å². The predicted molar refractivity (Wildman–Crippen MR) is 91.3 cm³/mol. The van der Waals surface area contributed by atoms with E-state index in [1.807, 2.05) is 6.92 Å². The van der Waals surface area contributed by atoms with Gasteiger partial charge in [0.1, 0.15) is 0 Å². The lowest BCUT2D eigenvalue weighted by molar-refractivity contribution is 0.0114. The average molecular weight is 343 g/mol. The SMILES string of the molecule is C=CC1(C)OC(=O)c2ccccc2N1S(=O)(=O)c1ccc(C)cc1. The van der Waals surface area contributed by atoms with Crippen LogP contribution < -0.4 is 4.31 Å². The number of rotatable bonds is 3. The first-order chi connectivity index (χ1) is 11.3. The highest BCUT2D eigenvalue weighted by molar-refractivity contribution is 7.93. The molecule has 2 aromatic rings. The Bertz CT molecular complexity index is 918. The fraction of sp³-hybridized carbons (Fsp3) is 0.167. The Balaban J connectivity index is 2.26. The first kappa shape index (κ1) is 16.3. The number of aryl methyl sites for hydroxylation is 1. The molecule has 24 heavy (non-hydrogen) atoms. The molecule has 0 radical (unpaired) electrons. The number of anilines is 1. The van der Waals surface area contributed by atoms with Crippen molar-refractivity contribution >= 4 is 21.7 Å². The molecular formula is C18H17NO4S. The van der Waals surface area contributed by atoms with Crippen molar-refractivity contribution in [2.24, 2.45) is 0 Å². The summed E-state index contributed by atoms with van der Waals surface area (Å²) in [6.07, 6.45) is 1.31. The minimum Gasteiger partial charge on any atom is -0.431 e. The van der Waals surface area contributed by atoms with Gasteiger partial charge in [-0.25, -0.2) is 17.5 Å². The molecule has 1 unspecified atom stereocenters. The van der Waals surface area contributed by atoms with E-state index in [1.165, 1.54) is 31.2 Å². The van der Waals surface area contributed by atoms with Crippen LogP contribution in [0.25, 0.3) is 0 Å². The van der Waals surface area contributed by atoms with Gasteiger partial charge < -0.3 is 4.74 Å². The second-order valence-electron chi connectivity index (χ2n) is 5.75. The molecule has 124 valence electrons. The zero-order chi connectivity index (χ0) is 17.5. The van der Waals surface area contributed by atoms with Crippen molar-refractivity contribution in [1.29, 1.82) is 0 Å². The third-order valence-electron chi connectivity index (χ3n) is 3.98. The highest BCUT2D eigenvalue weighted by Gasteiger charge is 2.47. The molecule has 0 aromatic heterocycles. The van der Waals surface area contributed by atoms with Crippen molar-refractivity contribution < 1.29 is 17.9 Å². The molecule has 1 atom stereocenters. The Labute approximate surface area is 141 Å². The van der Waals surface area contributed by atoms with Crippen LogP contribution in [0, 0.1) is 6.92 Å². The maximum absolute atomic E-state index is 13.2. The maximum atomic E-state index is 13.2. The summed E-state index contributed by atoms with van der Waals surface area (Å²) in [4.78, 5) is 12.3. The lowest BCUT2D eigenvalue weighted by Crippen LogP contribution is -2.54. The highest BCUT2D eigenvalue weighted by Crippen LogP contribution is 2.39. The van der Waals surface area contributed by atoms with E-state index in [-0.39, 0.29) is 16.1 Å². The van der Waals surface area contributed by atoms with Crippen LogP contribution in [0.3, 0.4) is 0 Å². The summed E-state index contributed by atoms with van der Waals surface area (Å²) in [6, 6.07) is 13.0. The molecule has 6 heteroatoms. The lowest BCUT2D eigenvalue weighted by atomic mass is 10.1. The molecule has 1 heterocycles. The van der Waals surface area contributed by atoms with E-state index in [0.29, 0.717) is 0 Å². The molecule has 0 saturated carbocycles. The van der Waals surface area contributed by atoms with Crippen LogP contribution in [0.2, 0.25) is 0 Å². The van der Waals surface area contributed by atoms with Crippen LogP contribution in [-0.2, 0) is 14.8 Å². The number of carbonyl (C=O) groups excluding carboxylic acids is 1.